The highest BCUT2D eigenvalue weighted by Gasteiger charge is 2.08. The fourth-order valence-corrected chi connectivity index (χ4v) is 13.9. The van der Waals surface area contributed by atoms with E-state index in [2.05, 4.69) is 367 Å². The molecule has 0 heterocycles. The molecule has 0 N–H and O–H groups in total. The Labute approximate surface area is 659 Å². The van der Waals surface area contributed by atoms with Gasteiger partial charge in [0.15, 0.2) is 0 Å². The predicted octanol–water partition coefficient (Wildman–Crippen LogP) is 27.3. The Bertz CT molecular complexity index is 4930. The van der Waals surface area contributed by atoms with Crippen LogP contribution in [-0.4, -0.2) is 82.4 Å². The van der Waals surface area contributed by atoms with Gasteiger partial charge in [0.25, 0.3) is 0 Å². The topological polar surface area (TPSA) is 37.4 Å². The smallest absolute Gasteiger partial charge is 0.126 e. The van der Waals surface area contributed by atoms with E-state index in [4.69, 9.17) is 14.2 Å². The highest BCUT2D eigenvalue weighted by Crippen LogP contribution is 2.33. The summed E-state index contributed by atoms with van der Waals surface area (Å²) >= 11 is 5.39. The molecule has 0 bridgehead atoms. The van der Waals surface area contributed by atoms with Gasteiger partial charge in [0.2, 0.25) is 0 Å². The van der Waals surface area contributed by atoms with Crippen LogP contribution in [0.25, 0.3) is 64.6 Å². The third-order valence-corrected chi connectivity index (χ3v) is 20.9. The maximum absolute atomic E-state index is 5.28. The molecule has 9 heteroatoms. The van der Waals surface area contributed by atoms with Crippen molar-refractivity contribution in [1.29, 1.82) is 0 Å². The molecule has 0 aliphatic heterocycles. The summed E-state index contributed by atoms with van der Waals surface area (Å²) in [5, 5.41) is 15.7. The van der Waals surface area contributed by atoms with Crippen molar-refractivity contribution >= 4 is 117 Å². The van der Waals surface area contributed by atoms with E-state index in [0.29, 0.717) is 0 Å². The molecule has 0 saturated heterocycles. The molecular formula is C99H111N3O3S3. The molecule has 0 aliphatic carbocycles. The number of rotatable bonds is 9. The second-order valence-electron chi connectivity index (χ2n) is 27.0. The molecule has 0 spiro atoms. The number of benzene rings is 15. The lowest BCUT2D eigenvalue weighted by atomic mass is 10.0. The van der Waals surface area contributed by atoms with E-state index in [1.165, 1.54) is 146 Å². The normalized spacial score (nSPS) is 10.2. The quantitative estimate of drug-likeness (QED) is 0.131. The van der Waals surface area contributed by atoms with Crippen LogP contribution in [0, 0.1) is 62.3 Å². The Morgan fingerprint density at radius 3 is 0.963 bits per heavy atom. The lowest BCUT2D eigenvalue weighted by molar-refractivity contribution is 0.414. The molecule has 0 atom stereocenters. The molecule has 108 heavy (non-hydrogen) atoms. The fraction of sp³-hybridized carbons (Fsp3) is 0.212. The maximum atomic E-state index is 5.28. The minimum Gasteiger partial charge on any atom is -0.497 e. The van der Waals surface area contributed by atoms with Crippen molar-refractivity contribution in [2.45, 2.75) is 77.0 Å². The first-order chi connectivity index (χ1) is 52.0. The standard InChI is InChI=1S/2C13H15N.2C12H12O.2C12H12S.C9H13N.C8H10O.C8H10S/c1-10-6-4-8-12-11(10)7-5-9-13(12)14(2)3;1-10-8-9-13(14(2)3)12-7-5-4-6-11(10)12;1-9-5-3-7-11-10(9)6-4-8-12(11)13-2;1-9-7-8-12(13-2)11-6-4-3-5-10(9)11;1-9-5-3-7-11-10(9)6-4-8-12(11)13-2;1-9-7-8-12(13-2)11-6-4-3-5-10(9)11;1-8-4-6-9(7-5-8)10(2)3;2*1-7-3-5-8(9-2)6-4-7/h2*4-9H,1-3H3;4*3-8H,1-2H3;4-7H,1-3H3;2*3-6H,1-2H3. The van der Waals surface area contributed by atoms with Gasteiger partial charge >= 0.3 is 0 Å². The molecule has 0 fully saturated rings. The van der Waals surface area contributed by atoms with Crippen LogP contribution < -0.4 is 28.9 Å². The molecule has 6 nitrogen and oxygen atoms in total. The van der Waals surface area contributed by atoms with Gasteiger partial charge in [-0.3, -0.25) is 0 Å². The van der Waals surface area contributed by atoms with E-state index < -0.39 is 0 Å². The van der Waals surface area contributed by atoms with E-state index in [-0.39, 0.29) is 0 Å². The summed E-state index contributed by atoms with van der Waals surface area (Å²) in [7, 11) is 17.5. The summed E-state index contributed by atoms with van der Waals surface area (Å²) < 4.78 is 15.5. The monoisotopic (exact) mass is 1490 g/mol. The fourth-order valence-electron chi connectivity index (χ4n) is 12.3. The molecule has 0 unspecified atom stereocenters. The molecule has 558 valence electrons. The molecule has 15 aromatic carbocycles. The number of methoxy groups -OCH3 is 3. The van der Waals surface area contributed by atoms with E-state index >= 15 is 0 Å². The zero-order valence-corrected chi connectivity index (χ0v) is 70.0. The van der Waals surface area contributed by atoms with Crippen LogP contribution in [0.5, 0.6) is 17.2 Å². The van der Waals surface area contributed by atoms with Crippen LogP contribution >= 0.6 is 35.3 Å². The first kappa shape index (κ1) is 85.0. The minimum atomic E-state index is 0.917. The second kappa shape index (κ2) is 43.5. The number of aryl methyl sites for hydroxylation is 9. The maximum Gasteiger partial charge on any atom is 0.126 e. The van der Waals surface area contributed by atoms with Crippen molar-refractivity contribution in [3.05, 3.63) is 341 Å². The van der Waals surface area contributed by atoms with Crippen molar-refractivity contribution < 1.29 is 14.2 Å². The lowest BCUT2D eigenvalue weighted by Crippen LogP contribution is -2.09. The van der Waals surface area contributed by atoms with Crippen molar-refractivity contribution in [1.82, 2.24) is 0 Å². The Morgan fingerprint density at radius 2 is 0.528 bits per heavy atom. The average Bonchev–Trinajstić information content (AvgIpc) is 0.890. The van der Waals surface area contributed by atoms with Crippen molar-refractivity contribution in [2.75, 3.05) is 97.1 Å². The van der Waals surface area contributed by atoms with Crippen LogP contribution in [-0.2, 0) is 0 Å². The van der Waals surface area contributed by atoms with E-state index in [9.17, 15) is 0 Å². The first-order valence-corrected chi connectivity index (χ1v) is 40.1. The number of hydrogen-bond donors (Lipinski definition) is 0. The molecule has 0 aliphatic rings. The Kier molecular flexibility index (Phi) is 34.2. The summed E-state index contributed by atoms with van der Waals surface area (Å²) in [6.07, 6.45) is 6.33. The van der Waals surface area contributed by atoms with Crippen LogP contribution in [0.1, 0.15) is 50.1 Å². The zero-order chi connectivity index (χ0) is 78.2. The number of hydrogen-bond acceptors (Lipinski definition) is 9. The summed E-state index contributed by atoms with van der Waals surface area (Å²) in [5.41, 5.74) is 15.7. The second-order valence-corrected chi connectivity index (χ2v) is 29.5. The van der Waals surface area contributed by atoms with Crippen molar-refractivity contribution in [3.8, 4) is 17.2 Å². The van der Waals surface area contributed by atoms with Crippen molar-refractivity contribution in [2.24, 2.45) is 0 Å². The van der Waals surface area contributed by atoms with Crippen LogP contribution in [0.15, 0.2) is 306 Å². The van der Waals surface area contributed by atoms with E-state index in [1.54, 1.807) is 56.6 Å². The van der Waals surface area contributed by atoms with Gasteiger partial charge in [0.05, 0.1) is 21.3 Å². The van der Waals surface area contributed by atoms with E-state index in [1.807, 2.05) is 62.6 Å². The molecule has 0 saturated carbocycles. The third-order valence-electron chi connectivity index (χ3n) is 18.5. The van der Waals surface area contributed by atoms with Gasteiger partial charge in [-0.1, -0.05) is 235 Å². The first-order valence-electron chi connectivity index (χ1n) is 36.4. The van der Waals surface area contributed by atoms with Gasteiger partial charge in [-0.25, -0.2) is 0 Å². The average molecular weight is 1490 g/mol. The van der Waals surface area contributed by atoms with Crippen LogP contribution in [0.2, 0.25) is 0 Å². The molecule has 15 rings (SSSR count). The Balaban J connectivity index is 0.000000170. The van der Waals surface area contributed by atoms with Gasteiger partial charge < -0.3 is 28.9 Å². The summed E-state index contributed by atoms with van der Waals surface area (Å²) in [4.78, 5) is 10.5. The number of ether oxygens (including phenoxy) is 3. The van der Waals surface area contributed by atoms with Crippen LogP contribution in [0.3, 0.4) is 0 Å². The molecule has 0 amide bonds. The SMILES string of the molecule is COc1ccc(C)c2ccccc12.COc1ccc(C)cc1.COc1cccc2c(C)cccc12.CSc1ccc(C)c2ccccc12.CSc1ccc(C)cc1.CSc1cccc2c(C)cccc12.Cc1ccc(N(C)C)c2ccccc12.Cc1ccc(N(C)C)cc1.Cc1cccc2c(N(C)C)cccc12. The molecule has 0 aromatic heterocycles. The number of nitrogens with zero attached hydrogens (tertiary/aromatic N) is 3. The van der Waals surface area contributed by atoms with Gasteiger partial charge in [0, 0.05) is 95.6 Å². The molecular weight excluding hydrogens is 1380 g/mol. The van der Waals surface area contributed by atoms with Gasteiger partial charge in [-0.15, -0.1) is 35.3 Å². The highest BCUT2D eigenvalue weighted by molar-refractivity contribution is 7.99. The molecule has 15 aromatic rings. The third kappa shape index (κ3) is 24.4. The zero-order valence-electron chi connectivity index (χ0n) is 67.5. The number of fused-ring (bicyclic) bond motifs is 6. The Morgan fingerprint density at radius 1 is 0.222 bits per heavy atom. The summed E-state index contributed by atoms with van der Waals surface area (Å²) in [6.45, 7) is 19.1. The lowest BCUT2D eigenvalue weighted by Gasteiger charge is -2.16. The molecule has 0 radical (unpaired) electrons. The predicted molar refractivity (Wildman–Crippen MR) is 484 cm³/mol. The van der Waals surface area contributed by atoms with E-state index in [0.717, 1.165) is 17.2 Å². The van der Waals surface area contributed by atoms with Gasteiger partial charge in [-0.05, 0) is 230 Å². The summed E-state index contributed by atoms with van der Waals surface area (Å²) in [6, 6.07) is 101. The highest BCUT2D eigenvalue weighted by atomic mass is 32.2. The van der Waals surface area contributed by atoms with Crippen LogP contribution in [0.4, 0.5) is 17.1 Å². The van der Waals surface area contributed by atoms with Crippen molar-refractivity contribution in [3.63, 3.8) is 0 Å². The minimum absolute atomic E-state index is 0.917. The van der Waals surface area contributed by atoms with Gasteiger partial charge in [0.1, 0.15) is 17.2 Å². The van der Waals surface area contributed by atoms with Gasteiger partial charge in [-0.2, -0.15) is 0 Å². The number of thioether (sulfide) groups is 3. The Hall–Kier alpha value is -10.3. The largest absolute Gasteiger partial charge is 0.497 e. The number of anilines is 3. The summed E-state index contributed by atoms with van der Waals surface area (Å²) in [5.74, 6) is 2.81.